The molecule has 0 aliphatic carbocycles. The van der Waals surface area contributed by atoms with E-state index in [1.807, 2.05) is 37.3 Å². The van der Waals surface area contributed by atoms with E-state index in [9.17, 15) is 4.79 Å². The van der Waals surface area contributed by atoms with Crippen molar-refractivity contribution in [3.63, 3.8) is 0 Å². The lowest BCUT2D eigenvalue weighted by Crippen LogP contribution is -2.22. The summed E-state index contributed by atoms with van der Waals surface area (Å²) in [6, 6.07) is 13.1. The minimum atomic E-state index is -0.127. The van der Waals surface area contributed by atoms with Crippen molar-refractivity contribution >= 4 is 17.8 Å². The van der Waals surface area contributed by atoms with Crippen LogP contribution in [0.2, 0.25) is 0 Å². The molecule has 2 aromatic rings. The van der Waals surface area contributed by atoms with Crippen LogP contribution in [0.3, 0.4) is 0 Å². The highest BCUT2D eigenvalue weighted by molar-refractivity contribution is 5.97. The molecule has 1 amide bonds. The molecule has 0 fully saturated rings. The lowest BCUT2D eigenvalue weighted by molar-refractivity contribution is 0.0956. The number of ether oxygens (including phenoxy) is 1. The van der Waals surface area contributed by atoms with E-state index in [-0.39, 0.29) is 5.91 Å². The van der Waals surface area contributed by atoms with Gasteiger partial charge in [-0.25, -0.2) is 0 Å². The van der Waals surface area contributed by atoms with Gasteiger partial charge in [0.15, 0.2) is 0 Å². The summed E-state index contributed by atoms with van der Waals surface area (Å²) in [7, 11) is 1.64. The van der Waals surface area contributed by atoms with Gasteiger partial charge in [0.1, 0.15) is 5.75 Å². The highest BCUT2D eigenvalue weighted by Gasteiger charge is 2.08. The van der Waals surface area contributed by atoms with Crippen molar-refractivity contribution < 1.29 is 9.53 Å². The summed E-state index contributed by atoms with van der Waals surface area (Å²) in [5, 5.41) is 13.6. The average molecular weight is 311 g/mol. The van der Waals surface area contributed by atoms with Crippen molar-refractivity contribution in [2.75, 3.05) is 19.0 Å². The number of methoxy groups -OCH3 is 1. The summed E-state index contributed by atoms with van der Waals surface area (Å²) < 4.78 is 5.14. The predicted molar refractivity (Wildman–Crippen MR) is 92.7 cm³/mol. The van der Waals surface area contributed by atoms with Crippen molar-refractivity contribution in [1.29, 1.82) is 5.41 Å². The van der Waals surface area contributed by atoms with Crippen LogP contribution in [0.4, 0.5) is 5.69 Å². The van der Waals surface area contributed by atoms with Crippen LogP contribution < -0.4 is 15.4 Å². The van der Waals surface area contributed by atoms with Crippen LogP contribution in [0.15, 0.2) is 42.5 Å². The van der Waals surface area contributed by atoms with Crippen molar-refractivity contribution in [2.45, 2.75) is 13.5 Å². The van der Waals surface area contributed by atoms with Gasteiger partial charge in [0.25, 0.3) is 5.91 Å². The Morgan fingerprint density at radius 3 is 2.57 bits per heavy atom. The first-order chi connectivity index (χ1) is 11.2. The lowest BCUT2D eigenvalue weighted by Gasteiger charge is -2.11. The molecule has 0 aliphatic heterocycles. The largest absolute Gasteiger partial charge is 0.497 e. The van der Waals surface area contributed by atoms with Gasteiger partial charge >= 0.3 is 0 Å². The fourth-order valence-electron chi connectivity index (χ4n) is 2.19. The Kier molecular flexibility index (Phi) is 5.74. The molecule has 0 saturated heterocycles. The Labute approximate surface area is 136 Å². The number of rotatable bonds is 7. The standard InChI is InChI=1S/C18H21N3O2/c1-3-20-18(22)14-6-9-17(15(10-14)11-19)21-12-13-4-7-16(23-2)8-5-13/h4-11,19,21H,3,12H2,1-2H3,(H,20,22). The molecule has 23 heavy (non-hydrogen) atoms. The maximum Gasteiger partial charge on any atom is 0.251 e. The molecule has 2 aromatic carbocycles. The van der Waals surface area contributed by atoms with E-state index in [2.05, 4.69) is 10.6 Å². The molecule has 0 saturated carbocycles. The van der Waals surface area contributed by atoms with E-state index in [0.29, 0.717) is 24.2 Å². The molecule has 0 bridgehead atoms. The lowest BCUT2D eigenvalue weighted by atomic mass is 10.1. The first kappa shape index (κ1) is 16.5. The minimum absolute atomic E-state index is 0.127. The minimum Gasteiger partial charge on any atom is -0.497 e. The molecule has 0 aliphatic rings. The third-order valence-corrected chi connectivity index (χ3v) is 3.45. The van der Waals surface area contributed by atoms with Crippen LogP contribution in [0.25, 0.3) is 0 Å². The number of carbonyl (C=O) groups is 1. The monoisotopic (exact) mass is 311 g/mol. The molecule has 120 valence electrons. The van der Waals surface area contributed by atoms with Gasteiger partial charge in [-0.2, -0.15) is 0 Å². The Hall–Kier alpha value is -2.82. The third kappa shape index (κ3) is 4.32. The van der Waals surface area contributed by atoms with E-state index in [4.69, 9.17) is 10.1 Å². The fourth-order valence-corrected chi connectivity index (χ4v) is 2.19. The van der Waals surface area contributed by atoms with Gasteiger partial charge in [-0.05, 0) is 42.8 Å². The van der Waals surface area contributed by atoms with Gasteiger partial charge in [0, 0.05) is 36.1 Å². The summed E-state index contributed by atoms with van der Waals surface area (Å²) in [4.78, 5) is 11.8. The van der Waals surface area contributed by atoms with Crippen LogP contribution in [-0.2, 0) is 6.54 Å². The van der Waals surface area contributed by atoms with Crippen LogP contribution in [0.5, 0.6) is 5.75 Å². The van der Waals surface area contributed by atoms with Crippen LogP contribution in [0.1, 0.15) is 28.4 Å². The number of nitrogens with one attached hydrogen (secondary N) is 3. The highest BCUT2D eigenvalue weighted by Crippen LogP contribution is 2.18. The van der Waals surface area contributed by atoms with Gasteiger partial charge in [0.05, 0.1) is 7.11 Å². The van der Waals surface area contributed by atoms with Gasteiger partial charge < -0.3 is 20.8 Å². The SMILES string of the molecule is CCNC(=O)c1ccc(NCc2ccc(OC)cc2)c(C=N)c1. The van der Waals surface area contributed by atoms with Crippen LogP contribution in [0, 0.1) is 5.41 Å². The van der Waals surface area contributed by atoms with Gasteiger partial charge in [0.2, 0.25) is 0 Å². The third-order valence-electron chi connectivity index (χ3n) is 3.45. The number of amides is 1. The zero-order valence-corrected chi connectivity index (χ0v) is 13.3. The Balaban J connectivity index is 2.09. The molecular weight excluding hydrogens is 290 g/mol. The molecule has 0 aromatic heterocycles. The summed E-state index contributed by atoms with van der Waals surface area (Å²) >= 11 is 0. The highest BCUT2D eigenvalue weighted by atomic mass is 16.5. The van der Waals surface area contributed by atoms with E-state index in [0.717, 1.165) is 17.0 Å². The maximum absolute atomic E-state index is 11.8. The van der Waals surface area contributed by atoms with Gasteiger partial charge in [-0.3, -0.25) is 4.79 Å². The van der Waals surface area contributed by atoms with E-state index in [1.165, 1.54) is 6.21 Å². The van der Waals surface area contributed by atoms with Crippen molar-refractivity contribution in [1.82, 2.24) is 5.32 Å². The summed E-state index contributed by atoms with van der Waals surface area (Å²) in [6.45, 7) is 3.09. The zero-order valence-electron chi connectivity index (χ0n) is 13.3. The summed E-state index contributed by atoms with van der Waals surface area (Å²) in [5.41, 5.74) is 3.17. The molecule has 0 heterocycles. The van der Waals surface area contributed by atoms with E-state index >= 15 is 0 Å². The number of anilines is 1. The van der Waals surface area contributed by atoms with Gasteiger partial charge in [-0.1, -0.05) is 12.1 Å². The molecule has 5 heteroatoms. The Morgan fingerprint density at radius 2 is 1.96 bits per heavy atom. The molecule has 5 nitrogen and oxygen atoms in total. The van der Waals surface area contributed by atoms with Crippen molar-refractivity contribution in [3.8, 4) is 5.75 Å². The molecular formula is C18H21N3O2. The summed E-state index contributed by atoms with van der Waals surface area (Å²) in [6.07, 6.45) is 1.25. The molecule has 2 rings (SSSR count). The fraction of sp³-hybridized carbons (Fsp3) is 0.222. The smallest absolute Gasteiger partial charge is 0.251 e. The zero-order chi connectivity index (χ0) is 16.7. The number of benzene rings is 2. The van der Waals surface area contributed by atoms with Crippen molar-refractivity contribution in [3.05, 3.63) is 59.2 Å². The van der Waals surface area contributed by atoms with Crippen LogP contribution >= 0.6 is 0 Å². The Morgan fingerprint density at radius 1 is 1.22 bits per heavy atom. The van der Waals surface area contributed by atoms with E-state index in [1.54, 1.807) is 19.2 Å². The molecule has 0 radical (unpaired) electrons. The second-order valence-corrected chi connectivity index (χ2v) is 5.01. The quantitative estimate of drug-likeness (QED) is 0.688. The summed E-state index contributed by atoms with van der Waals surface area (Å²) in [5.74, 6) is 0.692. The average Bonchev–Trinajstić information content (AvgIpc) is 2.60. The van der Waals surface area contributed by atoms with E-state index < -0.39 is 0 Å². The predicted octanol–water partition coefficient (Wildman–Crippen LogP) is 3.05. The molecule has 3 N–H and O–H groups in total. The molecule has 0 spiro atoms. The number of carbonyl (C=O) groups excluding carboxylic acids is 1. The Bertz CT molecular complexity index is 681. The second-order valence-electron chi connectivity index (χ2n) is 5.01. The van der Waals surface area contributed by atoms with Gasteiger partial charge in [-0.15, -0.1) is 0 Å². The number of hydrogen-bond acceptors (Lipinski definition) is 4. The topological polar surface area (TPSA) is 74.2 Å². The second kappa shape index (κ2) is 7.98. The number of hydrogen-bond donors (Lipinski definition) is 3. The molecule has 0 atom stereocenters. The molecule has 0 unspecified atom stereocenters. The van der Waals surface area contributed by atoms with Crippen LogP contribution in [-0.4, -0.2) is 25.8 Å². The first-order valence-corrected chi connectivity index (χ1v) is 7.47. The maximum atomic E-state index is 11.8. The van der Waals surface area contributed by atoms with Crippen molar-refractivity contribution in [2.24, 2.45) is 0 Å². The first-order valence-electron chi connectivity index (χ1n) is 7.47. The normalized spacial score (nSPS) is 10.0.